The third kappa shape index (κ3) is 1.21. The maximum Gasteiger partial charge on any atom is 0.110 e. The third-order valence-electron chi connectivity index (χ3n) is 2.18. The number of hydrogen-bond acceptors (Lipinski definition) is 2. The van der Waals surface area contributed by atoms with Gasteiger partial charge in [-0.05, 0) is 26.0 Å². The van der Waals surface area contributed by atoms with Gasteiger partial charge in [0.1, 0.15) is 5.82 Å². The molecule has 0 aliphatic rings. The SMILES string of the molecule is Cc1nc(C(C)N)c2ccccn12. The van der Waals surface area contributed by atoms with E-state index in [1.165, 1.54) is 0 Å². The van der Waals surface area contributed by atoms with Crippen LogP contribution in [0.15, 0.2) is 24.4 Å². The summed E-state index contributed by atoms with van der Waals surface area (Å²) in [5.74, 6) is 0.989. The normalized spacial score (nSPS) is 13.5. The number of imidazole rings is 1. The number of rotatable bonds is 1. The van der Waals surface area contributed by atoms with Crippen LogP contribution in [0.25, 0.3) is 5.52 Å². The first kappa shape index (κ1) is 8.26. The molecule has 0 saturated carbocycles. The summed E-state index contributed by atoms with van der Waals surface area (Å²) in [7, 11) is 0. The second-order valence-electron chi connectivity index (χ2n) is 3.29. The standard InChI is InChI=1S/C10H13N3/c1-7(11)10-9-5-3-4-6-13(9)8(2)12-10/h3-7H,11H2,1-2H3. The number of nitrogens with zero attached hydrogens (tertiary/aromatic N) is 2. The summed E-state index contributed by atoms with van der Waals surface area (Å²) < 4.78 is 2.05. The fraction of sp³-hybridized carbons (Fsp3) is 0.300. The first-order valence-corrected chi connectivity index (χ1v) is 4.39. The van der Waals surface area contributed by atoms with Gasteiger partial charge in [0.2, 0.25) is 0 Å². The minimum Gasteiger partial charge on any atom is -0.323 e. The van der Waals surface area contributed by atoms with Gasteiger partial charge < -0.3 is 10.1 Å². The molecule has 13 heavy (non-hydrogen) atoms. The van der Waals surface area contributed by atoms with Crippen molar-refractivity contribution in [2.75, 3.05) is 0 Å². The van der Waals surface area contributed by atoms with Gasteiger partial charge in [0, 0.05) is 12.2 Å². The maximum atomic E-state index is 5.82. The first-order chi connectivity index (χ1) is 6.20. The topological polar surface area (TPSA) is 43.3 Å². The quantitative estimate of drug-likeness (QED) is 0.716. The van der Waals surface area contributed by atoms with Crippen LogP contribution in [0.2, 0.25) is 0 Å². The molecule has 0 saturated heterocycles. The van der Waals surface area contributed by atoms with E-state index in [0.717, 1.165) is 17.0 Å². The van der Waals surface area contributed by atoms with Gasteiger partial charge in [-0.25, -0.2) is 4.98 Å². The lowest BCUT2D eigenvalue weighted by molar-refractivity contribution is 0.793. The summed E-state index contributed by atoms with van der Waals surface area (Å²) in [5, 5.41) is 0. The molecular weight excluding hydrogens is 162 g/mol. The number of pyridine rings is 1. The number of aromatic nitrogens is 2. The van der Waals surface area contributed by atoms with E-state index in [9.17, 15) is 0 Å². The number of hydrogen-bond donors (Lipinski definition) is 1. The van der Waals surface area contributed by atoms with Crippen LogP contribution in [-0.4, -0.2) is 9.38 Å². The van der Waals surface area contributed by atoms with Gasteiger partial charge in [-0.2, -0.15) is 0 Å². The third-order valence-corrected chi connectivity index (χ3v) is 2.18. The molecule has 2 aromatic heterocycles. The Hall–Kier alpha value is -1.35. The molecule has 0 aliphatic carbocycles. The Morgan fingerprint density at radius 1 is 1.46 bits per heavy atom. The van der Waals surface area contributed by atoms with Crippen LogP contribution >= 0.6 is 0 Å². The highest BCUT2D eigenvalue weighted by Crippen LogP contribution is 2.17. The summed E-state index contributed by atoms with van der Waals surface area (Å²) in [6.07, 6.45) is 2.00. The molecule has 1 unspecified atom stereocenters. The van der Waals surface area contributed by atoms with Crippen molar-refractivity contribution in [3.8, 4) is 0 Å². The van der Waals surface area contributed by atoms with Crippen molar-refractivity contribution in [1.29, 1.82) is 0 Å². The molecule has 0 spiro atoms. The minimum atomic E-state index is -0.00824. The van der Waals surface area contributed by atoms with Crippen molar-refractivity contribution in [3.63, 3.8) is 0 Å². The zero-order valence-corrected chi connectivity index (χ0v) is 7.86. The molecule has 1 atom stereocenters. The van der Waals surface area contributed by atoms with Crippen molar-refractivity contribution >= 4 is 5.52 Å². The average molecular weight is 175 g/mol. The van der Waals surface area contributed by atoms with Crippen molar-refractivity contribution in [1.82, 2.24) is 9.38 Å². The van der Waals surface area contributed by atoms with Gasteiger partial charge in [0.15, 0.2) is 0 Å². The van der Waals surface area contributed by atoms with Crippen LogP contribution in [0.4, 0.5) is 0 Å². The van der Waals surface area contributed by atoms with Crippen molar-refractivity contribution in [2.24, 2.45) is 5.73 Å². The Morgan fingerprint density at radius 3 is 2.92 bits per heavy atom. The molecule has 2 rings (SSSR count). The molecule has 2 aromatic rings. The second kappa shape index (κ2) is 2.85. The Bertz CT molecular complexity index is 429. The van der Waals surface area contributed by atoms with E-state index >= 15 is 0 Å². The maximum absolute atomic E-state index is 5.82. The fourth-order valence-corrected chi connectivity index (χ4v) is 1.55. The molecular formula is C10H13N3. The monoisotopic (exact) mass is 175 g/mol. The molecule has 3 heteroatoms. The Labute approximate surface area is 77.2 Å². The van der Waals surface area contributed by atoms with Crippen LogP contribution in [0.5, 0.6) is 0 Å². The van der Waals surface area contributed by atoms with E-state index in [1.807, 2.05) is 38.2 Å². The average Bonchev–Trinajstić information content (AvgIpc) is 2.45. The lowest BCUT2D eigenvalue weighted by Crippen LogP contribution is -2.05. The van der Waals surface area contributed by atoms with Crippen molar-refractivity contribution < 1.29 is 0 Å². The van der Waals surface area contributed by atoms with Crippen LogP contribution in [0.1, 0.15) is 24.5 Å². The lowest BCUT2D eigenvalue weighted by Gasteiger charge is -2.00. The van der Waals surface area contributed by atoms with Gasteiger partial charge in [-0.15, -0.1) is 0 Å². The minimum absolute atomic E-state index is 0.00824. The molecule has 0 radical (unpaired) electrons. The Balaban J connectivity index is 2.78. The highest BCUT2D eigenvalue weighted by molar-refractivity contribution is 5.54. The van der Waals surface area contributed by atoms with Crippen molar-refractivity contribution in [3.05, 3.63) is 35.9 Å². The molecule has 0 fully saturated rings. The zero-order chi connectivity index (χ0) is 9.42. The van der Waals surface area contributed by atoms with Gasteiger partial charge in [-0.1, -0.05) is 6.07 Å². The van der Waals surface area contributed by atoms with E-state index < -0.39 is 0 Å². The predicted octanol–water partition coefficient (Wildman–Crippen LogP) is 1.66. The highest BCUT2D eigenvalue weighted by atomic mass is 15.0. The van der Waals surface area contributed by atoms with E-state index in [0.29, 0.717) is 0 Å². The van der Waals surface area contributed by atoms with Crippen LogP contribution in [0.3, 0.4) is 0 Å². The molecule has 0 bridgehead atoms. The molecule has 2 N–H and O–H groups in total. The van der Waals surface area contributed by atoms with Gasteiger partial charge in [0.25, 0.3) is 0 Å². The van der Waals surface area contributed by atoms with Gasteiger partial charge >= 0.3 is 0 Å². The number of fused-ring (bicyclic) bond motifs is 1. The number of aryl methyl sites for hydroxylation is 1. The molecule has 2 heterocycles. The Kier molecular flexibility index (Phi) is 1.81. The zero-order valence-electron chi connectivity index (χ0n) is 7.86. The summed E-state index contributed by atoms with van der Waals surface area (Å²) in [4.78, 5) is 4.43. The highest BCUT2D eigenvalue weighted by Gasteiger charge is 2.09. The second-order valence-corrected chi connectivity index (χ2v) is 3.29. The molecule has 0 aliphatic heterocycles. The van der Waals surface area contributed by atoms with Gasteiger partial charge in [0.05, 0.1) is 11.2 Å². The molecule has 0 aromatic carbocycles. The fourth-order valence-electron chi connectivity index (χ4n) is 1.55. The summed E-state index contributed by atoms with van der Waals surface area (Å²) in [6, 6.07) is 6.03. The lowest BCUT2D eigenvalue weighted by atomic mass is 10.2. The molecule has 68 valence electrons. The molecule has 0 amide bonds. The summed E-state index contributed by atoms with van der Waals surface area (Å²) in [6.45, 7) is 3.94. The number of nitrogens with two attached hydrogens (primary N) is 1. The Morgan fingerprint density at radius 2 is 2.23 bits per heavy atom. The smallest absolute Gasteiger partial charge is 0.110 e. The van der Waals surface area contributed by atoms with Gasteiger partial charge in [-0.3, -0.25) is 0 Å². The van der Waals surface area contributed by atoms with Crippen LogP contribution < -0.4 is 5.73 Å². The van der Waals surface area contributed by atoms with E-state index in [2.05, 4.69) is 9.38 Å². The van der Waals surface area contributed by atoms with E-state index in [1.54, 1.807) is 0 Å². The largest absolute Gasteiger partial charge is 0.323 e. The van der Waals surface area contributed by atoms with Crippen LogP contribution in [-0.2, 0) is 0 Å². The summed E-state index contributed by atoms with van der Waals surface area (Å²) >= 11 is 0. The van der Waals surface area contributed by atoms with E-state index in [-0.39, 0.29) is 6.04 Å². The molecule has 3 nitrogen and oxygen atoms in total. The first-order valence-electron chi connectivity index (χ1n) is 4.39. The predicted molar refractivity (Wildman–Crippen MR) is 52.5 cm³/mol. The van der Waals surface area contributed by atoms with Crippen LogP contribution in [0, 0.1) is 6.92 Å². The van der Waals surface area contributed by atoms with Crippen molar-refractivity contribution in [2.45, 2.75) is 19.9 Å². The summed E-state index contributed by atoms with van der Waals surface area (Å²) in [5.41, 5.74) is 7.89. The van der Waals surface area contributed by atoms with E-state index in [4.69, 9.17) is 5.73 Å².